The summed E-state index contributed by atoms with van der Waals surface area (Å²) in [5.74, 6) is 0.681. The van der Waals surface area contributed by atoms with Gasteiger partial charge in [-0.15, -0.1) is 0 Å². The van der Waals surface area contributed by atoms with Gasteiger partial charge in [0.1, 0.15) is 17.6 Å². The molecule has 0 aromatic heterocycles. The SMILES string of the molecule is CC(C)(C)OC(=O)N1CCN(C(=O)C[N+]2=C(c3ccc(F)cc3)N=C2C2=CCC(F)C=C2)CC1. The van der Waals surface area contributed by atoms with Gasteiger partial charge in [0.15, 0.2) is 6.54 Å². The zero-order valence-electron chi connectivity index (χ0n) is 19.6. The van der Waals surface area contributed by atoms with Gasteiger partial charge in [-0.25, -0.2) is 18.2 Å². The summed E-state index contributed by atoms with van der Waals surface area (Å²) < 4.78 is 34.1. The van der Waals surface area contributed by atoms with Gasteiger partial charge in [-0.2, -0.15) is 0 Å². The minimum Gasteiger partial charge on any atom is -0.444 e. The normalized spacial score (nSPS) is 20.6. The summed E-state index contributed by atoms with van der Waals surface area (Å²) in [6.07, 6.45) is 3.76. The first kappa shape index (κ1) is 23.8. The Hall–Kier alpha value is -3.36. The Balaban J connectivity index is 1.45. The molecule has 0 saturated carbocycles. The number of nitrogens with zero attached hydrogens (tertiary/aromatic N) is 4. The Labute approximate surface area is 197 Å². The number of carbonyl (C=O) groups is 2. The van der Waals surface area contributed by atoms with E-state index in [2.05, 4.69) is 4.99 Å². The van der Waals surface area contributed by atoms with Crippen molar-refractivity contribution in [3.8, 4) is 0 Å². The third-order valence-corrected chi connectivity index (χ3v) is 5.71. The van der Waals surface area contributed by atoms with Crippen molar-refractivity contribution in [1.82, 2.24) is 9.80 Å². The molecule has 0 spiro atoms. The number of amidine groups is 2. The second kappa shape index (κ2) is 9.48. The largest absolute Gasteiger partial charge is 0.444 e. The number of aliphatic imine (C=N–C) groups is 1. The molecular formula is C25H29F2N4O3+. The number of hydrogen-bond donors (Lipinski definition) is 0. The van der Waals surface area contributed by atoms with Gasteiger partial charge in [-0.05, 0) is 57.2 Å². The molecule has 3 aliphatic rings. The fraction of sp³-hybridized carbons (Fsp3) is 0.440. The van der Waals surface area contributed by atoms with E-state index in [1.165, 1.54) is 18.2 Å². The summed E-state index contributed by atoms with van der Waals surface area (Å²) in [6.45, 7) is 7.07. The molecule has 7 nitrogen and oxygen atoms in total. The molecule has 1 aliphatic carbocycles. The molecule has 1 fully saturated rings. The number of benzene rings is 1. The second-order valence-corrected chi connectivity index (χ2v) is 9.47. The number of halogens is 2. The van der Waals surface area contributed by atoms with Gasteiger partial charge in [0.25, 0.3) is 17.6 Å². The lowest BCUT2D eigenvalue weighted by atomic mass is 10.0. The number of allylic oxidation sites excluding steroid dienone is 2. The van der Waals surface area contributed by atoms with E-state index in [1.807, 2.05) is 20.8 Å². The van der Waals surface area contributed by atoms with Crippen molar-refractivity contribution in [2.45, 2.75) is 39.0 Å². The van der Waals surface area contributed by atoms with Crippen LogP contribution in [0.25, 0.3) is 0 Å². The summed E-state index contributed by atoms with van der Waals surface area (Å²) in [5, 5.41) is 0. The molecule has 2 amide bonds. The molecule has 9 heteroatoms. The molecule has 1 saturated heterocycles. The van der Waals surface area contributed by atoms with Crippen LogP contribution in [0.4, 0.5) is 13.6 Å². The maximum absolute atomic E-state index is 13.5. The molecule has 0 bridgehead atoms. The Morgan fingerprint density at radius 1 is 1.12 bits per heavy atom. The summed E-state index contributed by atoms with van der Waals surface area (Å²) in [7, 11) is 0. The van der Waals surface area contributed by atoms with Crippen molar-refractivity contribution in [2.24, 2.45) is 4.99 Å². The maximum atomic E-state index is 13.5. The highest BCUT2D eigenvalue weighted by Crippen LogP contribution is 2.21. The molecule has 1 aromatic carbocycles. The summed E-state index contributed by atoms with van der Waals surface area (Å²) >= 11 is 0. The molecule has 2 heterocycles. The predicted octanol–water partition coefficient (Wildman–Crippen LogP) is 3.30. The van der Waals surface area contributed by atoms with Gasteiger partial charge >= 0.3 is 6.09 Å². The maximum Gasteiger partial charge on any atom is 0.410 e. The summed E-state index contributed by atoms with van der Waals surface area (Å²) in [6, 6.07) is 5.92. The van der Waals surface area contributed by atoms with E-state index in [9.17, 15) is 18.4 Å². The van der Waals surface area contributed by atoms with E-state index in [0.717, 1.165) is 5.57 Å². The smallest absolute Gasteiger partial charge is 0.410 e. The summed E-state index contributed by atoms with van der Waals surface area (Å²) in [5.41, 5.74) is 0.868. The van der Waals surface area contributed by atoms with Gasteiger partial charge in [-0.1, -0.05) is 11.1 Å². The highest BCUT2D eigenvalue weighted by molar-refractivity contribution is 6.16. The first-order valence-electron chi connectivity index (χ1n) is 11.4. The number of piperazine rings is 1. The second-order valence-electron chi connectivity index (χ2n) is 9.47. The number of rotatable bonds is 4. The van der Waals surface area contributed by atoms with Crippen molar-refractivity contribution in [2.75, 3.05) is 32.7 Å². The lowest BCUT2D eigenvalue weighted by Gasteiger charge is -2.35. The highest BCUT2D eigenvalue weighted by Gasteiger charge is 2.36. The average Bonchev–Trinajstić information content (AvgIpc) is 2.78. The quantitative estimate of drug-likeness (QED) is 0.633. The van der Waals surface area contributed by atoms with Gasteiger partial charge in [0.2, 0.25) is 0 Å². The molecular weight excluding hydrogens is 442 g/mol. The van der Waals surface area contributed by atoms with Crippen LogP contribution in [0.15, 0.2) is 53.1 Å². The van der Waals surface area contributed by atoms with Crippen LogP contribution >= 0.6 is 0 Å². The van der Waals surface area contributed by atoms with Crippen LogP contribution in [0.1, 0.15) is 32.8 Å². The molecule has 4 rings (SSSR count). The third-order valence-electron chi connectivity index (χ3n) is 5.71. The Kier molecular flexibility index (Phi) is 6.63. The monoisotopic (exact) mass is 471 g/mol. The van der Waals surface area contributed by atoms with Gasteiger partial charge in [0.05, 0.1) is 5.56 Å². The van der Waals surface area contributed by atoms with E-state index in [0.29, 0.717) is 43.4 Å². The molecule has 0 radical (unpaired) electrons. The number of amides is 2. The highest BCUT2D eigenvalue weighted by atomic mass is 19.1. The minimum absolute atomic E-state index is 0.0439. The van der Waals surface area contributed by atoms with Gasteiger partial charge in [0, 0.05) is 38.2 Å². The van der Waals surface area contributed by atoms with Crippen molar-refractivity contribution in [3.05, 3.63) is 59.4 Å². The van der Waals surface area contributed by atoms with E-state index in [1.54, 1.807) is 38.7 Å². The molecule has 180 valence electrons. The van der Waals surface area contributed by atoms with Crippen molar-refractivity contribution in [3.63, 3.8) is 0 Å². The van der Waals surface area contributed by atoms with Crippen LogP contribution in [0, 0.1) is 5.82 Å². The van der Waals surface area contributed by atoms with Gasteiger partial charge in [-0.3, -0.25) is 4.79 Å². The van der Waals surface area contributed by atoms with Crippen LogP contribution < -0.4 is 0 Å². The standard InChI is InChI=1S/C25H29F2N4O3/c1-25(2,3)34-24(33)30-14-12-29(13-15-30)21(32)16-31-22(17-4-8-19(26)9-5-17)28-23(31)18-6-10-20(27)11-7-18/h4-10,20H,11-16H2,1-3H3/q+1. The van der Waals surface area contributed by atoms with Crippen LogP contribution in [-0.4, -0.2) is 82.5 Å². The topological polar surface area (TPSA) is 65.2 Å². The first-order valence-corrected chi connectivity index (χ1v) is 11.4. The van der Waals surface area contributed by atoms with Crippen LogP contribution in [0.3, 0.4) is 0 Å². The van der Waals surface area contributed by atoms with Crippen molar-refractivity contribution < 1.29 is 27.7 Å². The zero-order chi connectivity index (χ0) is 24.5. The number of alkyl halides is 1. The molecule has 1 aromatic rings. The molecule has 0 N–H and O–H groups in total. The fourth-order valence-electron chi connectivity index (χ4n) is 3.93. The Morgan fingerprint density at radius 3 is 2.35 bits per heavy atom. The first-order chi connectivity index (χ1) is 16.1. The van der Waals surface area contributed by atoms with E-state index in [-0.39, 0.29) is 30.8 Å². The zero-order valence-corrected chi connectivity index (χ0v) is 19.6. The van der Waals surface area contributed by atoms with E-state index in [4.69, 9.17) is 4.74 Å². The van der Waals surface area contributed by atoms with Crippen molar-refractivity contribution >= 4 is 23.7 Å². The van der Waals surface area contributed by atoms with Crippen LogP contribution in [0.2, 0.25) is 0 Å². The lowest BCUT2D eigenvalue weighted by molar-refractivity contribution is -0.409. The predicted molar refractivity (Wildman–Crippen MR) is 124 cm³/mol. The van der Waals surface area contributed by atoms with E-state index >= 15 is 0 Å². The third kappa shape index (κ3) is 5.40. The molecule has 34 heavy (non-hydrogen) atoms. The Morgan fingerprint density at radius 2 is 1.76 bits per heavy atom. The molecule has 1 unspecified atom stereocenters. The van der Waals surface area contributed by atoms with Crippen LogP contribution in [-0.2, 0) is 9.53 Å². The van der Waals surface area contributed by atoms with Crippen molar-refractivity contribution in [1.29, 1.82) is 0 Å². The lowest BCUT2D eigenvalue weighted by Crippen LogP contribution is -2.54. The van der Waals surface area contributed by atoms with Gasteiger partial charge < -0.3 is 14.5 Å². The average molecular weight is 472 g/mol. The van der Waals surface area contributed by atoms with Crippen LogP contribution in [0.5, 0.6) is 0 Å². The Bertz CT molecular complexity index is 1090. The molecule has 1 atom stereocenters. The fourth-order valence-corrected chi connectivity index (χ4v) is 3.93. The molecule has 2 aliphatic heterocycles. The minimum atomic E-state index is -1.03. The number of hydrogen-bond acceptors (Lipinski definition) is 4. The number of carbonyl (C=O) groups excluding carboxylic acids is 2. The van der Waals surface area contributed by atoms with E-state index < -0.39 is 11.8 Å². The summed E-state index contributed by atoms with van der Waals surface area (Å²) in [4.78, 5) is 33.3. The number of ether oxygens (including phenoxy) is 1.